The summed E-state index contributed by atoms with van der Waals surface area (Å²) in [5.41, 5.74) is 1.59. The molecule has 24 heavy (non-hydrogen) atoms. The van der Waals surface area contributed by atoms with Gasteiger partial charge in [0, 0.05) is 4.47 Å². The van der Waals surface area contributed by atoms with Crippen LogP contribution in [0, 0.1) is 0 Å². The van der Waals surface area contributed by atoms with Crippen LogP contribution in [0.2, 0.25) is 10.0 Å². The van der Waals surface area contributed by atoms with Gasteiger partial charge in [-0.25, -0.2) is 0 Å². The van der Waals surface area contributed by atoms with Gasteiger partial charge in [0.1, 0.15) is 0 Å². The van der Waals surface area contributed by atoms with E-state index in [1.54, 1.807) is 24.3 Å². The van der Waals surface area contributed by atoms with Crippen LogP contribution in [-0.2, 0) is 11.3 Å². The van der Waals surface area contributed by atoms with Gasteiger partial charge in [-0.15, -0.1) is 0 Å². The normalized spacial score (nSPS) is 16.3. The predicted molar refractivity (Wildman–Crippen MR) is 102 cm³/mol. The molecule has 2 aromatic rings. The van der Waals surface area contributed by atoms with E-state index in [0.29, 0.717) is 15.0 Å². The number of benzene rings is 2. The highest BCUT2D eigenvalue weighted by molar-refractivity contribution is 9.10. The zero-order valence-corrected chi connectivity index (χ0v) is 16.0. The van der Waals surface area contributed by atoms with Crippen LogP contribution in [0.15, 0.2) is 51.8 Å². The Kier molecular flexibility index (Phi) is 5.35. The fourth-order valence-corrected chi connectivity index (χ4v) is 3.74. The molecule has 1 aliphatic rings. The molecule has 0 spiro atoms. The van der Waals surface area contributed by atoms with Crippen molar-refractivity contribution < 1.29 is 9.59 Å². The van der Waals surface area contributed by atoms with Crippen molar-refractivity contribution in [2.45, 2.75) is 6.54 Å². The molecule has 0 atom stereocenters. The zero-order valence-electron chi connectivity index (χ0n) is 12.1. The van der Waals surface area contributed by atoms with Crippen LogP contribution < -0.4 is 0 Å². The van der Waals surface area contributed by atoms with E-state index in [1.165, 1.54) is 4.90 Å². The first kappa shape index (κ1) is 17.5. The lowest BCUT2D eigenvalue weighted by molar-refractivity contribution is -0.123. The lowest BCUT2D eigenvalue weighted by Crippen LogP contribution is -2.27. The molecule has 1 aliphatic heterocycles. The number of rotatable bonds is 3. The summed E-state index contributed by atoms with van der Waals surface area (Å²) in [6.07, 6.45) is 1.71. The Hall–Kier alpha value is -1.27. The quantitative estimate of drug-likeness (QED) is 0.547. The van der Waals surface area contributed by atoms with Crippen molar-refractivity contribution in [1.82, 2.24) is 4.90 Å². The standard InChI is InChI=1S/C17H10BrCl2NO2S/c18-12-4-2-1-3-11(12)8-15-16(22)21(17(23)24-15)9-10-5-6-13(19)14(20)7-10/h1-8H,9H2/b15-8-. The van der Waals surface area contributed by atoms with Crippen molar-refractivity contribution in [3.05, 3.63) is 73.0 Å². The Morgan fingerprint density at radius 1 is 1.08 bits per heavy atom. The molecular formula is C17H10BrCl2NO2S. The van der Waals surface area contributed by atoms with E-state index < -0.39 is 0 Å². The third-order valence-electron chi connectivity index (χ3n) is 3.39. The van der Waals surface area contributed by atoms with Gasteiger partial charge in [0.25, 0.3) is 11.1 Å². The van der Waals surface area contributed by atoms with Crippen LogP contribution >= 0.6 is 50.9 Å². The maximum absolute atomic E-state index is 12.5. The van der Waals surface area contributed by atoms with E-state index in [1.807, 2.05) is 24.3 Å². The number of amides is 2. The average molecular weight is 443 g/mol. The lowest BCUT2D eigenvalue weighted by Gasteiger charge is -2.12. The number of halogens is 3. The Morgan fingerprint density at radius 2 is 1.83 bits per heavy atom. The van der Waals surface area contributed by atoms with Gasteiger partial charge in [-0.2, -0.15) is 0 Å². The van der Waals surface area contributed by atoms with E-state index in [4.69, 9.17) is 23.2 Å². The van der Waals surface area contributed by atoms with E-state index in [-0.39, 0.29) is 17.7 Å². The summed E-state index contributed by atoms with van der Waals surface area (Å²) >= 11 is 16.2. The van der Waals surface area contributed by atoms with Crippen molar-refractivity contribution in [3.8, 4) is 0 Å². The third-order valence-corrected chi connectivity index (χ3v) is 5.76. The van der Waals surface area contributed by atoms with Gasteiger partial charge in [-0.3, -0.25) is 14.5 Å². The van der Waals surface area contributed by atoms with Crippen molar-refractivity contribution in [2.75, 3.05) is 0 Å². The monoisotopic (exact) mass is 441 g/mol. The first-order chi connectivity index (χ1) is 11.5. The lowest BCUT2D eigenvalue weighted by atomic mass is 10.2. The first-order valence-corrected chi connectivity index (χ1v) is 9.26. The molecule has 0 N–H and O–H groups in total. The zero-order chi connectivity index (χ0) is 17.3. The minimum atomic E-state index is -0.313. The molecule has 0 saturated carbocycles. The largest absolute Gasteiger partial charge is 0.293 e. The number of thioether (sulfide) groups is 1. The van der Waals surface area contributed by atoms with E-state index in [0.717, 1.165) is 27.4 Å². The average Bonchev–Trinajstić information content (AvgIpc) is 2.81. The molecule has 7 heteroatoms. The Morgan fingerprint density at radius 3 is 2.54 bits per heavy atom. The second-order valence-corrected chi connectivity index (χ2v) is 7.70. The Balaban J connectivity index is 1.84. The summed E-state index contributed by atoms with van der Waals surface area (Å²) in [7, 11) is 0. The SMILES string of the molecule is O=C1S/C(=C\c2ccccc2Br)C(=O)N1Cc1ccc(Cl)c(Cl)c1. The van der Waals surface area contributed by atoms with Gasteiger partial charge in [0.05, 0.1) is 21.5 Å². The van der Waals surface area contributed by atoms with E-state index in [9.17, 15) is 9.59 Å². The molecule has 0 aliphatic carbocycles. The second kappa shape index (κ2) is 7.31. The molecule has 0 unspecified atom stereocenters. The number of nitrogens with zero attached hydrogens (tertiary/aromatic N) is 1. The highest BCUT2D eigenvalue weighted by atomic mass is 79.9. The molecule has 3 rings (SSSR count). The maximum Gasteiger partial charge on any atom is 0.293 e. The highest BCUT2D eigenvalue weighted by Gasteiger charge is 2.35. The summed E-state index contributed by atoms with van der Waals surface area (Å²) in [5.74, 6) is -0.313. The molecule has 0 aromatic heterocycles. The molecule has 122 valence electrons. The van der Waals surface area contributed by atoms with Crippen molar-refractivity contribution in [3.63, 3.8) is 0 Å². The number of carbonyl (C=O) groups is 2. The molecule has 2 amide bonds. The van der Waals surface area contributed by atoms with Gasteiger partial charge in [0.2, 0.25) is 0 Å². The molecule has 0 radical (unpaired) electrons. The van der Waals surface area contributed by atoms with E-state index in [2.05, 4.69) is 15.9 Å². The highest BCUT2D eigenvalue weighted by Crippen LogP contribution is 2.35. The van der Waals surface area contributed by atoms with Crippen LogP contribution in [0.4, 0.5) is 4.79 Å². The van der Waals surface area contributed by atoms with Crippen molar-refractivity contribution >= 4 is 68.1 Å². The number of imide groups is 1. The fourth-order valence-electron chi connectivity index (χ4n) is 2.19. The Labute approximate surface area is 161 Å². The summed E-state index contributed by atoms with van der Waals surface area (Å²) in [5, 5.41) is 0.526. The fraction of sp³-hybridized carbons (Fsp3) is 0.0588. The van der Waals surface area contributed by atoms with Crippen LogP contribution in [-0.4, -0.2) is 16.0 Å². The summed E-state index contributed by atoms with van der Waals surface area (Å²) in [6, 6.07) is 12.6. The van der Waals surface area contributed by atoms with Gasteiger partial charge in [-0.1, -0.05) is 63.4 Å². The van der Waals surface area contributed by atoms with Gasteiger partial charge < -0.3 is 0 Å². The predicted octanol–water partition coefficient (Wildman–Crippen LogP) is 5.99. The number of carbonyl (C=O) groups excluding carboxylic acids is 2. The van der Waals surface area contributed by atoms with Crippen LogP contribution in [0.1, 0.15) is 11.1 Å². The van der Waals surface area contributed by atoms with Gasteiger partial charge in [0.15, 0.2) is 0 Å². The summed E-state index contributed by atoms with van der Waals surface area (Å²) in [4.78, 5) is 26.3. The van der Waals surface area contributed by atoms with Crippen LogP contribution in [0.25, 0.3) is 6.08 Å². The van der Waals surface area contributed by atoms with Crippen LogP contribution in [0.5, 0.6) is 0 Å². The molecule has 1 fully saturated rings. The Bertz CT molecular complexity index is 869. The second-order valence-electron chi connectivity index (χ2n) is 5.04. The first-order valence-electron chi connectivity index (χ1n) is 6.89. The molecular weight excluding hydrogens is 433 g/mol. The number of hydrogen-bond acceptors (Lipinski definition) is 3. The molecule has 0 bridgehead atoms. The molecule has 1 saturated heterocycles. The number of hydrogen-bond donors (Lipinski definition) is 0. The van der Waals surface area contributed by atoms with E-state index >= 15 is 0 Å². The molecule has 3 nitrogen and oxygen atoms in total. The minimum Gasteiger partial charge on any atom is -0.268 e. The van der Waals surface area contributed by atoms with Crippen LogP contribution in [0.3, 0.4) is 0 Å². The topological polar surface area (TPSA) is 37.4 Å². The van der Waals surface area contributed by atoms with Gasteiger partial charge >= 0.3 is 0 Å². The summed E-state index contributed by atoms with van der Waals surface area (Å²) in [6.45, 7) is 0.162. The third kappa shape index (κ3) is 3.70. The molecule has 1 heterocycles. The minimum absolute atomic E-state index is 0.162. The van der Waals surface area contributed by atoms with Crippen molar-refractivity contribution in [2.24, 2.45) is 0 Å². The smallest absolute Gasteiger partial charge is 0.268 e. The van der Waals surface area contributed by atoms with Gasteiger partial charge in [-0.05, 0) is 47.2 Å². The maximum atomic E-state index is 12.5. The van der Waals surface area contributed by atoms with Crippen molar-refractivity contribution in [1.29, 1.82) is 0 Å². The molecule has 2 aromatic carbocycles. The summed E-state index contributed by atoms with van der Waals surface area (Å²) < 4.78 is 0.862.